The minimum Gasteiger partial charge on any atom is -0.462 e. The molecule has 0 atom stereocenters. The van der Waals surface area contributed by atoms with E-state index in [-0.39, 0.29) is 24.3 Å². The third-order valence-corrected chi connectivity index (χ3v) is 4.11. The number of nitrogens with zero attached hydrogens (tertiary/aromatic N) is 1. The van der Waals surface area contributed by atoms with Gasteiger partial charge < -0.3 is 10.1 Å². The van der Waals surface area contributed by atoms with E-state index in [1.54, 1.807) is 25.1 Å². The maximum Gasteiger partial charge on any atom is 0.341 e. The first-order valence-electron chi connectivity index (χ1n) is 7.22. The Labute approximate surface area is 142 Å². The topological polar surface area (TPSA) is 98.5 Å². The molecule has 0 aliphatic carbocycles. The number of anilines is 1. The van der Waals surface area contributed by atoms with E-state index in [1.165, 1.54) is 23.5 Å². The number of thiophene rings is 1. The molecule has 2 aromatic rings. The standard InChI is InChI=1S/C16H16N2O5S/c1-3-23-16(20)12-8-10(2)24-15(12)17-14(19)9-11-6-4-5-7-13(11)18(21)22/h4-8H,3,9H2,1-2H3,(H,17,19). The van der Waals surface area contributed by atoms with Gasteiger partial charge in [0.25, 0.3) is 5.69 Å². The van der Waals surface area contributed by atoms with E-state index < -0.39 is 16.8 Å². The van der Waals surface area contributed by atoms with Crippen molar-refractivity contribution in [1.29, 1.82) is 0 Å². The third-order valence-electron chi connectivity index (χ3n) is 3.14. The number of nitrogens with one attached hydrogen (secondary N) is 1. The lowest BCUT2D eigenvalue weighted by molar-refractivity contribution is -0.385. The van der Waals surface area contributed by atoms with E-state index in [1.807, 2.05) is 6.92 Å². The number of rotatable bonds is 6. The van der Waals surface area contributed by atoms with Gasteiger partial charge in [-0.05, 0) is 19.9 Å². The van der Waals surface area contributed by atoms with Crippen LogP contribution in [0.15, 0.2) is 30.3 Å². The summed E-state index contributed by atoms with van der Waals surface area (Å²) in [4.78, 5) is 35.4. The molecule has 0 bridgehead atoms. The fraction of sp³-hybridized carbons (Fsp3) is 0.250. The van der Waals surface area contributed by atoms with Crippen molar-refractivity contribution < 1.29 is 19.2 Å². The van der Waals surface area contributed by atoms with Crippen LogP contribution in [0, 0.1) is 17.0 Å². The van der Waals surface area contributed by atoms with Gasteiger partial charge in [0.1, 0.15) is 5.00 Å². The molecule has 7 nitrogen and oxygen atoms in total. The van der Waals surface area contributed by atoms with Crippen LogP contribution >= 0.6 is 11.3 Å². The first kappa shape index (κ1) is 17.6. The van der Waals surface area contributed by atoms with E-state index in [9.17, 15) is 19.7 Å². The molecule has 8 heteroatoms. The van der Waals surface area contributed by atoms with Crippen LogP contribution in [0.3, 0.4) is 0 Å². The van der Waals surface area contributed by atoms with Gasteiger partial charge in [-0.2, -0.15) is 0 Å². The summed E-state index contributed by atoms with van der Waals surface area (Å²) in [5, 5.41) is 14.0. The lowest BCUT2D eigenvalue weighted by Gasteiger charge is -2.06. The number of carbonyl (C=O) groups is 2. The zero-order valence-electron chi connectivity index (χ0n) is 13.2. The molecule has 0 fully saturated rings. The van der Waals surface area contributed by atoms with E-state index in [4.69, 9.17) is 4.74 Å². The van der Waals surface area contributed by atoms with Gasteiger partial charge in [0, 0.05) is 16.5 Å². The van der Waals surface area contributed by atoms with Crippen molar-refractivity contribution >= 4 is 33.9 Å². The third kappa shape index (κ3) is 4.17. The molecule has 0 aliphatic heterocycles. The lowest BCUT2D eigenvalue weighted by Crippen LogP contribution is -2.16. The van der Waals surface area contributed by atoms with Gasteiger partial charge in [0.15, 0.2) is 0 Å². The number of carbonyl (C=O) groups excluding carboxylic acids is 2. The number of esters is 1. The molecule has 1 aromatic carbocycles. The zero-order valence-corrected chi connectivity index (χ0v) is 14.0. The average Bonchev–Trinajstić information content (AvgIpc) is 2.88. The highest BCUT2D eigenvalue weighted by Gasteiger charge is 2.20. The Bertz CT molecular complexity index is 785. The van der Waals surface area contributed by atoms with Gasteiger partial charge in [0.2, 0.25) is 5.91 Å². The zero-order chi connectivity index (χ0) is 17.7. The van der Waals surface area contributed by atoms with Crippen LogP contribution in [0.4, 0.5) is 10.7 Å². The van der Waals surface area contributed by atoms with Crippen molar-refractivity contribution in [2.75, 3.05) is 11.9 Å². The van der Waals surface area contributed by atoms with Crippen LogP contribution in [0.1, 0.15) is 27.7 Å². The molecule has 2 rings (SSSR count). The van der Waals surface area contributed by atoms with E-state index in [0.717, 1.165) is 4.88 Å². The molecule has 0 radical (unpaired) electrons. The van der Waals surface area contributed by atoms with Crippen LogP contribution in [0.25, 0.3) is 0 Å². The molecule has 1 N–H and O–H groups in total. The number of ether oxygens (including phenoxy) is 1. The van der Waals surface area contributed by atoms with Gasteiger partial charge >= 0.3 is 5.97 Å². The maximum absolute atomic E-state index is 12.2. The second kappa shape index (κ2) is 7.69. The molecular formula is C16H16N2O5S. The Morgan fingerprint density at radius 2 is 2.04 bits per heavy atom. The van der Waals surface area contributed by atoms with Crippen molar-refractivity contribution in [2.45, 2.75) is 20.3 Å². The summed E-state index contributed by atoms with van der Waals surface area (Å²) in [6.45, 7) is 3.74. The van der Waals surface area contributed by atoms with Crippen LogP contribution in [0.5, 0.6) is 0 Å². The number of aryl methyl sites for hydroxylation is 1. The number of para-hydroxylation sites is 1. The summed E-state index contributed by atoms with van der Waals surface area (Å²) in [5.74, 6) is -0.945. The summed E-state index contributed by atoms with van der Waals surface area (Å²) in [6, 6.07) is 7.70. The predicted molar refractivity (Wildman–Crippen MR) is 90.4 cm³/mol. The maximum atomic E-state index is 12.2. The summed E-state index contributed by atoms with van der Waals surface area (Å²) < 4.78 is 4.96. The highest BCUT2D eigenvalue weighted by molar-refractivity contribution is 7.16. The van der Waals surface area contributed by atoms with Gasteiger partial charge in [-0.3, -0.25) is 14.9 Å². The SMILES string of the molecule is CCOC(=O)c1cc(C)sc1NC(=O)Cc1ccccc1[N+](=O)[O-]. The molecule has 0 aliphatic rings. The van der Waals surface area contributed by atoms with Crippen molar-refractivity contribution in [1.82, 2.24) is 0 Å². The van der Waals surface area contributed by atoms with Crippen LogP contribution in [-0.4, -0.2) is 23.4 Å². The number of nitro benzene ring substituents is 1. The summed E-state index contributed by atoms with van der Waals surface area (Å²) in [6.07, 6.45) is -0.156. The fourth-order valence-electron chi connectivity index (χ4n) is 2.15. The molecular weight excluding hydrogens is 332 g/mol. The normalized spacial score (nSPS) is 10.2. The Kier molecular flexibility index (Phi) is 5.64. The molecule has 0 unspecified atom stereocenters. The van der Waals surface area contributed by atoms with Crippen LogP contribution in [-0.2, 0) is 16.0 Å². The first-order chi connectivity index (χ1) is 11.4. The minimum absolute atomic E-state index is 0.111. The molecule has 24 heavy (non-hydrogen) atoms. The number of hydrogen-bond donors (Lipinski definition) is 1. The number of benzene rings is 1. The summed E-state index contributed by atoms with van der Waals surface area (Å²) >= 11 is 1.25. The molecule has 1 aromatic heterocycles. The Morgan fingerprint density at radius 1 is 1.33 bits per heavy atom. The largest absolute Gasteiger partial charge is 0.462 e. The number of nitro groups is 1. The van der Waals surface area contributed by atoms with Crippen LogP contribution < -0.4 is 5.32 Å². The van der Waals surface area contributed by atoms with Gasteiger partial charge in [0.05, 0.1) is 23.5 Å². The molecule has 1 heterocycles. The van der Waals surface area contributed by atoms with Gasteiger partial charge in [-0.1, -0.05) is 18.2 Å². The number of amides is 1. The minimum atomic E-state index is -0.526. The van der Waals surface area contributed by atoms with Crippen molar-refractivity contribution in [2.24, 2.45) is 0 Å². The second-order valence-corrected chi connectivity index (χ2v) is 6.19. The van der Waals surface area contributed by atoms with E-state index in [0.29, 0.717) is 10.6 Å². The fourth-order valence-corrected chi connectivity index (χ4v) is 3.07. The first-order valence-corrected chi connectivity index (χ1v) is 8.03. The van der Waals surface area contributed by atoms with E-state index in [2.05, 4.69) is 5.32 Å². The quantitative estimate of drug-likeness (QED) is 0.490. The predicted octanol–water partition coefficient (Wildman–Crippen LogP) is 3.32. The van der Waals surface area contributed by atoms with Crippen LogP contribution in [0.2, 0.25) is 0 Å². The van der Waals surface area contributed by atoms with Crippen molar-refractivity contribution in [3.8, 4) is 0 Å². The summed E-state index contributed by atoms with van der Waals surface area (Å²) in [5.41, 5.74) is 0.488. The van der Waals surface area contributed by atoms with Crippen molar-refractivity contribution in [3.63, 3.8) is 0 Å². The molecule has 126 valence electrons. The monoisotopic (exact) mass is 348 g/mol. The second-order valence-electron chi connectivity index (χ2n) is 4.93. The van der Waals surface area contributed by atoms with E-state index >= 15 is 0 Å². The molecule has 0 saturated heterocycles. The molecule has 1 amide bonds. The van der Waals surface area contributed by atoms with Gasteiger partial charge in [-0.15, -0.1) is 11.3 Å². The number of hydrogen-bond acceptors (Lipinski definition) is 6. The lowest BCUT2D eigenvalue weighted by atomic mass is 10.1. The Hall–Kier alpha value is -2.74. The highest BCUT2D eigenvalue weighted by Crippen LogP contribution is 2.29. The smallest absolute Gasteiger partial charge is 0.341 e. The Morgan fingerprint density at radius 3 is 2.71 bits per heavy atom. The van der Waals surface area contributed by atoms with Gasteiger partial charge in [-0.25, -0.2) is 4.79 Å². The van der Waals surface area contributed by atoms with Crippen molar-refractivity contribution in [3.05, 3.63) is 56.5 Å². The summed E-state index contributed by atoms with van der Waals surface area (Å²) in [7, 11) is 0. The molecule has 0 spiro atoms. The molecule has 0 saturated carbocycles. The Balaban J connectivity index is 2.17. The highest BCUT2D eigenvalue weighted by atomic mass is 32.1. The average molecular weight is 348 g/mol.